The van der Waals surface area contributed by atoms with Crippen LogP contribution in [0.1, 0.15) is 70.5 Å². The smallest absolute Gasteiger partial charge is 0.302 e. The van der Waals surface area contributed by atoms with E-state index in [4.69, 9.17) is 21.1 Å². The van der Waals surface area contributed by atoms with Crippen LogP contribution in [0.2, 0.25) is 5.02 Å². The lowest BCUT2D eigenvalue weighted by Crippen LogP contribution is -2.38. The second kappa shape index (κ2) is 13.3. The van der Waals surface area contributed by atoms with E-state index in [0.29, 0.717) is 31.2 Å². The fourth-order valence-electron chi connectivity index (χ4n) is 4.06. The van der Waals surface area contributed by atoms with E-state index in [-0.39, 0.29) is 47.8 Å². The molecule has 1 N–H and O–H groups in total. The summed E-state index contributed by atoms with van der Waals surface area (Å²) in [6.45, 7) is 4.17. The zero-order chi connectivity index (χ0) is 24.4. The van der Waals surface area contributed by atoms with Crippen molar-refractivity contribution >= 4 is 29.2 Å². The highest BCUT2D eigenvalue weighted by molar-refractivity contribution is 6.33. The van der Waals surface area contributed by atoms with Gasteiger partial charge in [0, 0.05) is 26.0 Å². The summed E-state index contributed by atoms with van der Waals surface area (Å²) in [6.07, 6.45) is 5.41. The van der Waals surface area contributed by atoms with Crippen LogP contribution < -0.4 is 4.74 Å². The number of nitro groups is 1. The van der Waals surface area contributed by atoms with E-state index >= 15 is 0 Å². The van der Waals surface area contributed by atoms with E-state index in [1.165, 1.54) is 45.2 Å². The molecule has 1 fully saturated rings. The van der Waals surface area contributed by atoms with Crippen molar-refractivity contribution in [2.24, 2.45) is 5.92 Å². The first-order valence-corrected chi connectivity index (χ1v) is 11.8. The molecule has 0 aliphatic heterocycles. The fraction of sp³-hybridized carbons (Fsp3) is 0.652. The van der Waals surface area contributed by atoms with E-state index in [1.807, 2.05) is 0 Å². The monoisotopic (exact) mass is 484 g/mol. The normalized spacial score (nSPS) is 15.0. The fourth-order valence-corrected chi connectivity index (χ4v) is 4.34. The van der Waals surface area contributed by atoms with Crippen LogP contribution in [0.15, 0.2) is 12.1 Å². The highest BCUT2D eigenvalue weighted by atomic mass is 35.5. The molecule has 0 spiro atoms. The van der Waals surface area contributed by atoms with Crippen molar-refractivity contribution in [2.45, 2.75) is 64.9 Å². The number of aliphatic hydroxyl groups excluding tert-OH is 1. The van der Waals surface area contributed by atoms with Crippen LogP contribution in [0.25, 0.3) is 0 Å². The number of nitrogens with zero attached hydrogens (tertiary/aromatic N) is 2. The van der Waals surface area contributed by atoms with Gasteiger partial charge in [-0.15, -0.1) is 0 Å². The zero-order valence-corrected chi connectivity index (χ0v) is 20.0. The molecule has 0 heterocycles. The predicted molar refractivity (Wildman–Crippen MR) is 123 cm³/mol. The zero-order valence-electron chi connectivity index (χ0n) is 19.3. The molecule has 0 bridgehead atoms. The Balaban J connectivity index is 1.91. The van der Waals surface area contributed by atoms with E-state index < -0.39 is 11.0 Å². The Bertz CT molecular complexity index is 825. The van der Waals surface area contributed by atoms with Crippen LogP contribution in [-0.2, 0) is 14.3 Å². The van der Waals surface area contributed by atoms with Crippen LogP contribution in [0.5, 0.6) is 5.75 Å². The van der Waals surface area contributed by atoms with Gasteiger partial charge in [-0.3, -0.25) is 19.7 Å². The number of carbonyl (C=O) groups excluding carboxylic acids is 2. The maximum atomic E-state index is 12.8. The van der Waals surface area contributed by atoms with Gasteiger partial charge in [-0.25, -0.2) is 0 Å². The number of halogens is 1. The van der Waals surface area contributed by atoms with Gasteiger partial charge >= 0.3 is 5.97 Å². The Morgan fingerprint density at radius 3 is 2.58 bits per heavy atom. The van der Waals surface area contributed by atoms with Crippen LogP contribution in [-0.4, -0.2) is 53.1 Å². The second-order valence-corrected chi connectivity index (χ2v) is 8.82. The highest BCUT2D eigenvalue weighted by Gasteiger charge is 2.24. The molecule has 1 atom stereocenters. The van der Waals surface area contributed by atoms with Gasteiger partial charge in [0.05, 0.1) is 29.7 Å². The van der Waals surface area contributed by atoms with Gasteiger partial charge < -0.3 is 19.5 Å². The third-order valence-corrected chi connectivity index (χ3v) is 6.01. The molecule has 1 aliphatic rings. The van der Waals surface area contributed by atoms with E-state index in [2.05, 4.69) is 0 Å². The summed E-state index contributed by atoms with van der Waals surface area (Å²) in [5.74, 6) is 0.370. The predicted octanol–water partition coefficient (Wildman–Crippen LogP) is 4.43. The molecule has 1 amide bonds. The number of hydrogen-bond donors (Lipinski definition) is 1. The number of nitro benzene ring substituents is 1. The van der Waals surface area contributed by atoms with Crippen molar-refractivity contribution < 1.29 is 29.1 Å². The average molecular weight is 485 g/mol. The Kier molecular flexibility index (Phi) is 10.9. The highest BCUT2D eigenvalue weighted by Crippen LogP contribution is 2.36. The molecule has 184 valence electrons. The van der Waals surface area contributed by atoms with Crippen LogP contribution >= 0.6 is 11.6 Å². The molecule has 9 nitrogen and oxygen atoms in total. The molecule has 0 aromatic heterocycles. The number of esters is 1. The molecule has 2 rings (SSSR count). The lowest BCUT2D eigenvalue weighted by Gasteiger charge is -2.30. The van der Waals surface area contributed by atoms with Gasteiger partial charge in [-0.1, -0.05) is 30.9 Å². The summed E-state index contributed by atoms with van der Waals surface area (Å²) in [6, 6.07) is 2.73. The number of carbonyl (C=O) groups is 2. The lowest BCUT2D eigenvalue weighted by atomic mass is 9.89. The van der Waals surface area contributed by atoms with E-state index in [9.17, 15) is 24.8 Å². The van der Waals surface area contributed by atoms with Crippen molar-refractivity contribution in [2.75, 3.05) is 26.3 Å². The molecule has 1 unspecified atom stereocenters. The number of hydrogen-bond acceptors (Lipinski definition) is 7. The van der Waals surface area contributed by atoms with Gasteiger partial charge in [0.25, 0.3) is 5.69 Å². The molecule has 1 aliphatic carbocycles. The minimum absolute atomic E-state index is 0.0253. The van der Waals surface area contributed by atoms with Gasteiger partial charge in [-0.05, 0) is 38.2 Å². The average Bonchev–Trinajstić information content (AvgIpc) is 2.75. The lowest BCUT2D eigenvalue weighted by molar-refractivity contribution is -0.386. The number of amides is 1. The van der Waals surface area contributed by atoms with Crippen LogP contribution in [0.3, 0.4) is 0 Å². The largest absolute Gasteiger partial charge is 0.494 e. The Morgan fingerprint density at radius 2 is 1.97 bits per heavy atom. The second-order valence-electron chi connectivity index (χ2n) is 8.41. The molecule has 1 aromatic carbocycles. The number of aliphatic hydroxyl groups is 1. The summed E-state index contributed by atoms with van der Waals surface area (Å²) in [7, 11) is 0. The summed E-state index contributed by atoms with van der Waals surface area (Å²) >= 11 is 6.01. The van der Waals surface area contributed by atoms with Crippen molar-refractivity contribution in [3.63, 3.8) is 0 Å². The van der Waals surface area contributed by atoms with Gasteiger partial charge in [0.2, 0.25) is 5.91 Å². The first-order chi connectivity index (χ1) is 15.7. The first-order valence-electron chi connectivity index (χ1n) is 11.4. The first kappa shape index (κ1) is 26.9. The van der Waals surface area contributed by atoms with Crippen LogP contribution in [0.4, 0.5) is 5.69 Å². The van der Waals surface area contributed by atoms with E-state index in [1.54, 1.807) is 4.90 Å². The number of rotatable bonds is 12. The number of benzene rings is 1. The maximum Gasteiger partial charge on any atom is 0.302 e. The van der Waals surface area contributed by atoms with Crippen molar-refractivity contribution in [3.8, 4) is 5.75 Å². The summed E-state index contributed by atoms with van der Waals surface area (Å²) in [5.41, 5.74) is -0.275. The van der Waals surface area contributed by atoms with Gasteiger partial charge in [-0.2, -0.15) is 0 Å². The third kappa shape index (κ3) is 8.81. The molecular weight excluding hydrogens is 452 g/mol. The van der Waals surface area contributed by atoms with E-state index in [0.717, 1.165) is 12.8 Å². The Hall–Kier alpha value is -2.39. The summed E-state index contributed by atoms with van der Waals surface area (Å²) in [4.78, 5) is 36.2. The Labute approximate surface area is 199 Å². The van der Waals surface area contributed by atoms with Crippen LogP contribution in [0, 0.1) is 16.0 Å². The minimum atomic E-state index is -1.08. The molecular formula is C23H33ClN2O7. The third-order valence-electron chi connectivity index (χ3n) is 5.73. The molecule has 1 aromatic rings. The molecule has 0 radical (unpaired) electrons. The van der Waals surface area contributed by atoms with Crippen molar-refractivity contribution in [1.29, 1.82) is 0 Å². The van der Waals surface area contributed by atoms with Gasteiger partial charge in [0.1, 0.15) is 17.4 Å². The SMILES string of the molecule is CC(=O)OCCN(CC1CCCCC1)C(=O)CCCOc1cc(Cl)c([N+](=O)[O-])c(C(C)O)c1. The number of ether oxygens (including phenoxy) is 2. The quantitative estimate of drug-likeness (QED) is 0.201. The minimum Gasteiger partial charge on any atom is -0.494 e. The maximum absolute atomic E-state index is 12.8. The molecule has 0 saturated heterocycles. The summed E-state index contributed by atoms with van der Waals surface area (Å²) < 4.78 is 10.7. The van der Waals surface area contributed by atoms with Gasteiger partial charge in [0.15, 0.2) is 0 Å². The van der Waals surface area contributed by atoms with Crippen molar-refractivity contribution in [1.82, 2.24) is 4.90 Å². The topological polar surface area (TPSA) is 119 Å². The molecule has 10 heteroatoms. The standard InChI is InChI=1S/C23H33ClN2O7/c1-16(27)20-13-19(14-21(24)23(20)26(30)31)33-11-6-9-22(29)25(10-12-32-17(2)28)15-18-7-4-3-5-8-18/h13-14,16,18,27H,3-12,15H2,1-2H3. The summed E-state index contributed by atoms with van der Waals surface area (Å²) in [5, 5.41) is 20.9. The van der Waals surface area contributed by atoms with Crippen molar-refractivity contribution in [3.05, 3.63) is 32.8 Å². The Morgan fingerprint density at radius 1 is 1.27 bits per heavy atom. The molecule has 33 heavy (non-hydrogen) atoms. The molecule has 1 saturated carbocycles.